The van der Waals surface area contributed by atoms with E-state index >= 15 is 0 Å². The van der Waals surface area contributed by atoms with E-state index in [9.17, 15) is 0 Å². The van der Waals surface area contributed by atoms with E-state index in [0.717, 1.165) is 44.6 Å². The molecule has 0 saturated carbocycles. The predicted octanol–water partition coefficient (Wildman–Crippen LogP) is 3.06. The van der Waals surface area contributed by atoms with Gasteiger partial charge in [0, 0.05) is 38.1 Å². The molecule has 5 nitrogen and oxygen atoms in total. The first-order chi connectivity index (χ1) is 11.8. The van der Waals surface area contributed by atoms with Gasteiger partial charge in [-0.05, 0) is 50.8 Å². The van der Waals surface area contributed by atoms with Crippen molar-refractivity contribution in [2.24, 2.45) is 4.99 Å². The number of nitrogens with zero attached hydrogens (tertiary/aromatic N) is 3. The highest BCUT2D eigenvalue weighted by molar-refractivity contribution is 14.0. The number of pyridine rings is 1. The molecule has 2 N–H and O–H groups in total. The maximum Gasteiger partial charge on any atom is 0.191 e. The third-order valence-electron chi connectivity index (χ3n) is 4.65. The van der Waals surface area contributed by atoms with Gasteiger partial charge in [0.05, 0.1) is 6.54 Å². The van der Waals surface area contributed by atoms with Gasteiger partial charge in [-0.1, -0.05) is 19.4 Å². The molecular formula is C19H34IN5. The lowest BCUT2D eigenvalue weighted by atomic mass is 10.0. The molecule has 1 unspecified atom stereocenters. The number of halogens is 1. The Labute approximate surface area is 170 Å². The summed E-state index contributed by atoms with van der Waals surface area (Å²) in [6.45, 7) is 9.33. The van der Waals surface area contributed by atoms with Crippen LogP contribution in [0.1, 0.15) is 45.1 Å². The quantitative estimate of drug-likeness (QED) is 0.357. The molecule has 1 saturated heterocycles. The summed E-state index contributed by atoms with van der Waals surface area (Å²) in [5, 5.41) is 6.76. The van der Waals surface area contributed by atoms with Crippen molar-refractivity contribution in [1.82, 2.24) is 20.5 Å². The molecular weight excluding hydrogens is 425 g/mol. The molecule has 2 heterocycles. The SMILES string of the molecule is CCNC(=NCCN1CCCCC1CC)NCCc1cccnc1.I. The summed E-state index contributed by atoms with van der Waals surface area (Å²) in [5.41, 5.74) is 1.25. The molecule has 0 radical (unpaired) electrons. The van der Waals surface area contributed by atoms with Crippen molar-refractivity contribution in [2.45, 2.75) is 52.0 Å². The van der Waals surface area contributed by atoms with Crippen LogP contribution in [0, 0.1) is 0 Å². The highest BCUT2D eigenvalue weighted by Crippen LogP contribution is 2.18. The molecule has 0 aromatic carbocycles. The zero-order chi connectivity index (χ0) is 17.0. The first-order valence-electron chi connectivity index (χ1n) is 9.48. The molecule has 0 bridgehead atoms. The number of hydrogen-bond donors (Lipinski definition) is 2. The summed E-state index contributed by atoms with van der Waals surface area (Å²) in [6.07, 6.45) is 10.0. The number of nitrogens with one attached hydrogen (secondary N) is 2. The van der Waals surface area contributed by atoms with Gasteiger partial charge in [-0.15, -0.1) is 24.0 Å². The molecule has 1 aliphatic heterocycles. The Balaban J connectivity index is 0.00000312. The van der Waals surface area contributed by atoms with Crippen LogP contribution in [-0.2, 0) is 6.42 Å². The van der Waals surface area contributed by atoms with Crippen LogP contribution < -0.4 is 10.6 Å². The van der Waals surface area contributed by atoms with Gasteiger partial charge in [-0.25, -0.2) is 0 Å². The second-order valence-corrected chi connectivity index (χ2v) is 6.39. The van der Waals surface area contributed by atoms with Gasteiger partial charge in [0.1, 0.15) is 0 Å². The fraction of sp³-hybridized carbons (Fsp3) is 0.684. The number of piperidine rings is 1. The molecule has 1 aromatic heterocycles. The third-order valence-corrected chi connectivity index (χ3v) is 4.65. The van der Waals surface area contributed by atoms with E-state index in [4.69, 9.17) is 4.99 Å². The van der Waals surface area contributed by atoms with Crippen LogP contribution in [0.3, 0.4) is 0 Å². The lowest BCUT2D eigenvalue weighted by Gasteiger charge is -2.34. The van der Waals surface area contributed by atoms with E-state index in [1.54, 1.807) is 0 Å². The average molecular weight is 459 g/mol. The molecule has 1 aromatic rings. The van der Waals surface area contributed by atoms with Crippen LogP contribution in [-0.4, -0.2) is 54.6 Å². The monoisotopic (exact) mass is 459 g/mol. The first-order valence-corrected chi connectivity index (χ1v) is 9.48. The van der Waals surface area contributed by atoms with Crippen LogP contribution in [0.15, 0.2) is 29.5 Å². The van der Waals surface area contributed by atoms with Gasteiger partial charge in [0.25, 0.3) is 0 Å². The van der Waals surface area contributed by atoms with Crippen molar-refractivity contribution in [3.05, 3.63) is 30.1 Å². The van der Waals surface area contributed by atoms with Gasteiger partial charge in [-0.2, -0.15) is 0 Å². The average Bonchev–Trinajstić information content (AvgIpc) is 2.63. The van der Waals surface area contributed by atoms with Crippen LogP contribution in [0.2, 0.25) is 0 Å². The molecule has 2 rings (SSSR count). The van der Waals surface area contributed by atoms with Gasteiger partial charge < -0.3 is 10.6 Å². The number of hydrogen-bond acceptors (Lipinski definition) is 3. The van der Waals surface area contributed by atoms with Crippen LogP contribution >= 0.6 is 24.0 Å². The zero-order valence-electron chi connectivity index (χ0n) is 15.7. The Hall–Kier alpha value is -0.890. The summed E-state index contributed by atoms with van der Waals surface area (Å²) in [5.74, 6) is 0.923. The minimum absolute atomic E-state index is 0. The normalized spacial score (nSPS) is 18.5. The Kier molecular flexibility index (Phi) is 11.8. The summed E-state index contributed by atoms with van der Waals surface area (Å²) >= 11 is 0. The predicted molar refractivity (Wildman–Crippen MR) is 117 cm³/mol. The van der Waals surface area contributed by atoms with Crippen molar-refractivity contribution in [3.63, 3.8) is 0 Å². The molecule has 0 spiro atoms. The van der Waals surface area contributed by atoms with Crippen molar-refractivity contribution >= 4 is 29.9 Å². The summed E-state index contributed by atoms with van der Waals surface area (Å²) < 4.78 is 0. The second kappa shape index (κ2) is 13.3. The fourth-order valence-corrected chi connectivity index (χ4v) is 3.32. The van der Waals surface area contributed by atoms with Crippen molar-refractivity contribution in [3.8, 4) is 0 Å². The van der Waals surface area contributed by atoms with Crippen LogP contribution in [0.5, 0.6) is 0 Å². The molecule has 1 fully saturated rings. The van der Waals surface area contributed by atoms with E-state index in [0.29, 0.717) is 0 Å². The standard InChI is InChI=1S/C19H33N5.HI/c1-3-18-9-5-6-14-24(18)15-13-23-19(21-4-2)22-12-10-17-8-7-11-20-16-17;/h7-8,11,16,18H,3-6,9-10,12-15H2,1-2H3,(H2,21,22,23);1H. The zero-order valence-corrected chi connectivity index (χ0v) is 18.0. The lowest BCUT2D eigenvalue weighted by molar-refractivity contribution is 0.148. The molecule has 25 heavy (non-hydrogen) atoms. The number of aromatic nitrogens is 1. The Morgan fingerprint density at radius 3 is 2.92 bits per heavy atom. The van der Waals surface area contributed by atoms with Gasteiger partial charge in [-0.3, -0.25) is 14.9 Å². The number of rotatable bonds is 8. The largest absolute Gasteiger partial charge is 0.357 e. The Bertz CT molecular complexity index is 480. The van der Waals surface area contributed by atoms with E-state index in [1.165, 1.54) is 37.8 Å². The summed E-state index contributed by atoms with van der Waals surface area (Å²) in [7, 11) is 0. The summed E-state index contributed by atoms with van der Waals surface area (Å²) in [4.78, 5) is 11.5. The van der Waals surface area contributed by atoms with Gasteiger partial charge >= 0.3 is 0 Å². The fourth-order valence-electron chi connectivity index (χ4n) is 3.32. The molecule has 1 aliphatic rings. The maximum absolute atomic E-state index is 4.74. The number of aliphatic imine (C=N–C) groups is 1. The minimum atomic E-state index is 0. The molecule has 142 valence electrons. The minimum Gasteiger partial charge on any atom is -0.357 e. The maximum atomic E-state index is 4.74. The highest BCUT2D eigenvalue weighted by Gasteiger charge is 2.19. The van der Waals surface area contributed by atoms with Gasteiger partial charge in [0.2, 0.25) is 0 Å². The Morgan fingerprint density at radius 2 is 2.20 bits per heavy atom. The topological polar surface area (TPSA) is 52.6 Å². The second-order valence-electron chi connectivity index (χ2n) is 6.39. The summed E-state index contributed by atoms with van der Waals surface area (Å²) in [6, 6.07) is 4.85. The smallest absolute Gasteiger partial charge is 0.191 e. The van der Waals surface area contributed by atoms with Gasteiger partial charge in [0.15, 0.2) is 5.96 Å². The number of likely N-dealkylation sites (tertiary alicyclic amines) is 1. The van der Waals surface area contributed by atoms with E-state index in [2.05, 4.69) is 40.4 Å². The third kappa shape index (κ3) is 8.35. The number of guanidine groups is 1. The van der Waals surface area contributed by atoms with Crippen LogP contribution in [0.4, 0.5) is 0 Å². The van der Waals surface area contributed by atoms with E-state index < -0.39 is 0 Å². The van der Waals surface area contributed by atoms with Crippen molar-refractivity contribution < 1.29 is 0 Å². The van der Waals surface area contributed by atoms with Crippen molar-refractivity contribution in [1.29, 1.82) is 0 Å². The van der Waals surface area contributed by atoms with Crippen molar-refractivity contribution in [2.75, 3.05) is 32.7 Å². The van der Waals surface area contributed by atoms with E-state index in [1.807, 2.05) is 18.5 Å². The van der Waals surface area contributed by atoms with Crippen LogP contribution in [0.25, 0.3) is 0 Å². The Morgan fingerprint density at radius 1 is 1.32 bits per heavy atom. The molecule has 0 amide bonds. The first kappa shape index (κ1) is 22.2. The highest BCUT2D eigenvalue weighted by atomic mass is 127. The van der Waals surface area contributed by atoms with E-state index in [-0.39, 0.29) is 24.0 Å². The lowest BCUT2D eigenvalue weighted by Crippen LogP contribution is -2.42. The molecule has 0 aliphatic carbocycles. The molecule has 6 heteroatoms. The molecule has 1 atom stereocenters.